The van der Waals surface area contributed by atoms with E-state index in [-0.39, 0.29) is 5.69 Å². The molecule has 3 rings (SSSR count). The third-order valence-corrected chi connectivity index (χ3v) is 4.11. The lowest BCUT2D eigenvalue weighted by molar-refractivity contribution is 0.0950. The third kappa shape index (κ3) is 4.27. The Bertz CT molecular complexity index is 985. The Balaban J connectivity index is 1.72. The molecule has 0 saturated carbocycles. The van der Waals surface area contributed by atoms with Gasteiger partial charge in [0.15, 0.2) is 0 Å². The van der Waals surface area contributed by atoms with Gasteiger partial charge in [0.25, 0.3) is 5.91 Å². The van der Waals surface area contributed by atoms with Crippen molar-refractivity contribution in [3.05, 3.63) is 64.8 Å². The highest BCUT2D eigenvalue weighted by Gasteiger charge is 2.12. The Hall–Kier alpha value is -3.32. The van der Waals surface area contributed by atoms with Crippen LogP contribution in [0.4, 0.5) is 0 Å². The van der Waals surface area contributed by atoms with Crippen LogP contribution in [0, 0.1) is 0 Å². The molecule has 27 heavy (non-hydrogen) atoms. The van der Waals surface area contributed by atoms with Crippen LogP contribution in [-0.2, 0) is 0 Å². The molecule has 0 unspecified atom stereocenters. The maximum absolute atomic E-state index is 12.3. The first-order valence-corrected chi connectivity index (χ1v) is 8.36. The fourth-order valence-electron chi connectivity index (χ4n) is 2.41. The number of nitrogens with zero attached hydrogens (tertiary/aromatic N) is 2. The van der Waals surface area contributed by atoms with Crippen LogP contribution in [0.5, 0.6) is 11.5 Å². The number of benzene rings is 2. The van der Waals surface area contributed by atoms with Gasteiger partial charge in [-0.1, -0.05) is 29.8 Å². The van der Waals surface area contributed by atoms with Gasteiger partial charge in [0.1, 0.15) is 17.2 Å². The van der Waals surface area contributed by atoms with Crippen LogP contribution in [0.25, 0.3) is 11.3 Å². The quantitative estimate of drug-likeness (QED) is 0.502. The Morgan fingerprint density at radius 3 is 2.74 bits per heavy atom. The molecule has 0 bridgehead atoms. The predicted octanol–water partition coefficient (Wildman–Crippen LogP) is 3.51. The summed E-state index contributed by atoms with van der Waals surface area (Å²) in [5, 5.41) is 11.3. The molecule has 0 saturated heterocycles. The summed E-state index contributed by atoms with van der Waals surface area (Å²) in [6.07, 6.45) is 1.48. The highest BCUT2D eigenvalue weighted by atomic mass is 35.5. The number of carbonyl (C=O) groups excluding carboxylic acids is 1. The monoisotopic (exact) mass is 384 g/mol. The lowest BCUT2D eigenvalue weighted by Crippen LogP contribution is -2.18. The minimum absolute atomic E-state index is 0.264. The molecule has 0 fully saturated rings. The summed E-state index contributed by atoms with van der Waals surface area (Å²) in [6.45, 7) is 0. The molecule has 0 radical (unpaired) electrons. The Labute approximate surface area is 161 Å². The molecule has 0 atom stereocenters. The van der Waals surface area contributed by atoms with Crippen LogP contribution < -0.4 is 14.9 Å². The van der Waals surface area contributed by atoms with Gasteiger partial charge in [-0.15, -0.1) is 0 Å². The SMILES string of the molecule is COc1ccc(OC)c(/C=N/NC(=O)c2cc(-c3ccccc3Cl)n[nH]2)c1. The number of rotatable bonds is 6. The van der Waals surface area contributed by atoms with E-state index in [0.29, 0.717) is 27.8 Å². The third-order valence-electron chi connectivity index (χ3n) is 3.78. The van der Waals surface area contributed by atoms with Crippen molar-refractivity contribution in [2.24, 2.45) is 5.10 Å². The predicted molar refractivity (Wildman–Crippen MR) is 104 cm³/mol. The maximum Gasteiger partial charge on any atom is 0.289 e. The number of methoxy groups -OCH3 is 2. The van der Waals surface area contributed by atoms with Gasteiger partial charge < -0.3 is 9.47 Å². The molecule has 1 heterocycles. The van der Waals surface area contributed by atoms with Gasteiger partial charge in [0.2, 0.25) is 0 Å². The van der Waals surface area contributed by atoms with Gasteiger partial charge >= 0.3 is 0 Å². The minimum Gasteiger partial charge on any atom is -0.497 e. The van der Waals surface area contributed by atoms with Gasteiger partial charge in [0.05, 0.1) is 31.2 Å². The van der Waals surface area contributed by atoms with Crippen molar-refractivity contribution in [2.45, 2.75) is 0 Å². The number of aromatic nitrogens is 2. The van der Waals surface area contributed by atoms with E-state index in [9.17, 15) is 4.79 Å². The lowest BCUT2D eigenvalue weighted by atomic mass is 10.1. The number of hydrogen-bond donors (Lipinski definition) is 2. The maximum atomic E-state index is 12.3. The zero-order valence-corrected chi connectivity index (χ0v) is 15.4. The highest BCUT2D eigenvalue weighted by Crippen LogP contribution is 2.26. The zero-order valence-electron chi connectivity index (χ0n) is 14.7. The lowest BCUT2D eigenvalue weighted by Gasteiger charge is -2.06. The molecule has 0 aliphatic carbocycles. The fourth-order valence-corrected chi connectivity index (χ4v) is 2.64. The highest BCUT2D eigenvalue weighted by molar-refractivity contribution is 6.33. The van der Waals surface area contributed by atoms with E-state index in [0.717, 1.165) is 5.56 Å². The Morgan fingerprint density at radius 2 is 2.00 bits per heavy atom. The van der Waals surface area contributed by atoms with Crippen LogP contribution in [-0.4, -0.2) is 36.5 Å². The standard InChI is InChI=1S/C19H17ClN4O3/c1-26-13-7-8-18(27-2)12(9-13)11-21-24-19(25)17-10-16(22-23-17)14-5-3-4-6-15(14)20/h3-11H,1-2H3,(H,22,23)(H,24,25)/b21-11+. The molecule has 7 nitrogen and oxygen atoms in total. The van der Waals surface area contributed by atoms with Gasteiger partial charge in [-0.05, 0) is 30.3 Å². The second-order valence-electron chi connectivity index (χ2n) is 5.45. The number of hydrogen-bond acceptors (Lipinski definition) is 5. The first-order valence-electron chi connectivity index (χ1n) is 7.98. The molecule has 2 N–H and O–H groups in total. The molecule has 2 aromatic carbocycles. The number of ether oxygens (including phenoxy) is 2. The number of carbonyl (C=O) groups is 1. The first-order chi connectivity index (χ1) is 13.1. The second kappa shape index (κ2) is 8.37. The topological polar surface area (TPSA) is 88.6 Å². The zero-order chi connectivity index (χ0) is 19.2. The van der Waals surface area contributed by atoms with Crippen molar-refractivity contribution in [1.82, 2.24) is 15.6 Å². The molecule has 138 valence electrons. The summed E-state index contributed by atoms with van der Waals surface area (Å²) < 4.78 is 10.4. The Morgan fingerprint density at radius 1 is 1.19 bits per heavy atom. The molecule has 3 aromatic rings. The molecule has 0 aliphatic rings. The molecule has 8 heteroatoms. The van der Waals surface area contributed by atoms with E-state index in [2.05, 4.69) is 20.7 Å². The normalized spacial score (nSPS) is 10.8. The summed E-state index contributed by atoms with van der Waals surface area (Å²) in [7, 11) is 3.12. The molecule has 0 aliphatic heterocycles. The molecular formula is C19H17ClN4O3. The van der Waals surface area contributed by atoms with Crippen LogP contribution in [0.1, 0.15) is 16.1 Å². The number of amides is 1. The summed E-state index contributed by atoms with van der Waals surface area (Å²) in [5.41, 5.74) is 4.68. The summed E-state index contributed by atoms with van der Waals surface area (Å²) in [4.78, 5) is 12.3. The molecule has 1 amide bonds. The number of nitrogens with one attached hydrogen (secondary N) is 2. The number of hydrazone groups is 1. The van der Waals surface area contributed by atoms with Crippen molar-refractivity contribution in [3.63, 3.8) is 0 Å². The van der Waals surface area contributed by atoms with E-state index in [1.165, 1.54) is 6.21 Å². The number of aromatic amines is 1. The van der Waals surface area contributed by atoms with E-state index in [4.69, 9.17) is 21.1 Å². The average molecular weight is 385 g/mol. The van der Waals surface area contributed by atoms with Crippen molar-refractivity contribution >= 4 is 23.7 Å². The molecule has 0 spiro atoms. The number of H-pyrrole nitrogens is 1. The van der Waals surface area contributed by atoms with Crippen LogP contribution in [0.2, 0.25) is 5.02 Å². The first kappa shape index (κ1) is 18.5. The van der Waals surface area contributed by atoms with Crippen molar-refractivity contribution in [1.29, 1.82) is 0 Å². The van der Waals surface area contributed by atoms with Crippen molar-refractivity contribution in [3.8, 4) is 22.8 Å². The summed E-state index contributed by atoms with van der Waals surface area (Å²) in [5.74, 6) is 0.830. The van der Waals surface area contributed by atoms with Gasteiger partial charge in [-0.2, -0.15) is 10.2 Å². The molecule has 1 aromatic heterocycles. The van der Waals surface area contributed by atoms with Gasteiger partial charge in [-0.25, -0.2) is 5.43 Å². The largest absolute Gasteiger partial charge is 0.497 e. The van der Waals surface area contributed by atoms with Crippen LogP contribution in [0.3, 0.4) is 0 Å². The van der Waals surface area contributed by atoms with Crippen molar-refractivity contribution in [2.75, 3.05) is 14.2 Å². The summed E-state index contributed by atoms with van der Waals surface area (Å²) in [6, 6.07) is 14.2. The van der Waals surface area contributed by atoms with E-state index in [1.54, 1.807) is 44.6 Å². The fraction of sp³-hybridized carbons (Fsp3) is 0.105. The Kier molecular flexibility index (Phi) is 5.73. The average Bonchev–Trinajstić information content (AvgIpc) is 3.18. The van der Waals surface area contributed by atoms with E-state index in [1.807, 2.05) is 18.2 Å². The molecular weight excluding hydrogens is 368 g/mol. The minimum atomic E-state index is -0.432. The van der Waals surface area contributed by atoms with Crippen LogP contribution >= 0.6 is 11.6 Å². The van der Waals surface area contributed by atoms with E-state index >= 15 is 0 Å². The summed E-state index contributed by atoms with van der Waals surface area (Å²) >= 11 is 6.15. The van der Waals surface area contributed by atoms with Crippen molar-refractivity contribution < 1.29 is 14.3 Å². The van der Waals surface area contributed by atoms with Gasteiger partial charge in [-0.3, -0.25) is 9.89 Å². The van der Waals surface area contributed by atoms with Gasteiger partial charge in [0, 0.05) is 11.1 Å². The van der Waals surface area contributed by atoms with Crippen LogP contribution in [0.15, 0.2) is 53.6 Å². The second-order valence-corrected chi connectivity index (χ2v) is 5.86. The van der Waals surface area contributed by atoms with E-state index < -0.39 is 5.91 Å². The smallest absolute Gasteiger partial charge is 0.289 e. The number of halogens is 1.